The highest BCUT2D eigenvalue weighted by Gasteiger charge is 2.16. The van der Waals surface area contributed by atoms with E-state index in [2.05, 4.69) is 16.0 Å². The molecule has 1 aromatic heterocycles. The van der Waals surface area contributed by atoms with Crippen LogP contribution in [0.3, 0.4) is 0 Å². The minimum absolute atomic E-state index is 0.536. The molecule has 5 heteroatoms. The first-order valence-electron chi connectivity index (χ1n) is 7.02. The Morgan fingerprint density at radius 1 is 1.18 bits per heavy atom. The molecular formula is C17H16N4O. The largest absolute Gasteiger partial charge is 0.391 e. The maximum Gasteiger partial charge on any atom is 0.126 e. The Bertz CT molecular complexity index is 843. The highest BCUT2D eigenvalue weighted by molar-refractivity contribution is 5.82. The highest BCUT2D eigenvalue weighted by Crippen LogP contribution is 2.25. The van der Waals surface area contributed by atoms with Crippen molar-refractivity contribution < 1.29 is 5.11 Å². The average molecular weight is 292 g/mol. The summed E-state index contributed by atoms with van der Waals surface area (Å²) in [7, 11) is 0. The molecule has 0 aliphatic rings. The predicted molar refractivity (Wildman–Crippen MR) is 84.9 cm³/mol. The molecule has 0 unspecified atom stereocenters. The van der Waals surface area contributed by atoms with Gasteiger partial charge in [0.2, 0.25) is 0 Å². The van der Waals surface area contributed by atoms with Crippen LogP contribution in [0.1, 0.15) is 24.4 Å². The second-order valence-corrected chi connectivity index (χ2v) is 5.31. The molecule has 3 rings (SSSR count). The minimum atomic E-state index is -0.668. The van der Waals surface area contributed by atoms with Crippen LogP contribution in [0.15, 0.2) is 42.5 Å². The van der Waals surface area contributed by atoms with Gasteiger partial charge in [0, 0.05) is 0 Å². The Kier molecular flexibility index (Phi) is 3.63. The van der Waals surface area contributed by atoms with Crippen molar-refractivity contribution in [3.8, 4) is 17.2 Å². The molecule has 0 radical (unpaired) electrons. The van der Waals surface area contributed by atoms with E-state index in [0.717, 1.165) is 22.2 Å². The monoisotopic (exact) mass is 292 g/mol. The first-order valence-corrected chi connectivity index (χ1v) is 7.02. The van der Waals surface area contributed by atoms with Gasteiger partial charge in [-0.25, -0.2) is 4.98 Å². The number of fused-ring (bicyclic) bond motifs is 1. The number of benzene rings is 2. The summed E-state index contributed by atoms with van der Waals surface area (Å²) in [6.07, 6.45) is -0.668. The van der Waals surface area contributed by atoms with E-state index < -0.39 is 12.1 Å². The molecule has 110 valence electrons. The molecule has 4 N–H and O–H groups in total. The maximum absolute atomic E-state index is 9.57. The lowest BCUT2D eigenvalue weighted by molar-refractivity contribution is 0.161. The van der Waals surface area contributed by atoms with E-state index in [1.807, 2.05) is 30.3 Å². The van der Waals surface area contributed by atoms with Gasteiger partial charge in [-0.15, -0.1) is 0 Å². The van der Waals surface area contributed by atoms with E-state index in [1.54, 1.807) is 19.1 Å². The Labute approximate surface area is 128 Å². The van der Waals surface area contributed by atoms with Crippen LogP contribution in [0, 0.1) is 11.3 Å². The summed E-state index contributed by atoms with van der Waals surface area (Å²) in [4.78, 5) is 7.60. The van der Waals surface area contributed by atoms with Crippen LogP contribution in [0.25, 0.3) is 22.2 Å². The van der Waals surface area contributed by atoms with E-state index in [4.69, 9.17) is 11.0 Å². The summed E-state index contributed by atoms with van der Waals surface area (Å²) in [5.74, 6) is 0.571. The first kappa shape index (κ1) is 14.3. The SMILES string of the molecule is C[C@H](O)[C@H](N)c1nc2cc(-c3ccc(C#N)cc3)ccc2[nH]1. The number of aromatic amines is 1. The zero-order valence-corrected chi connectivity index (χ0v) is 12.1. The van der Waals surface area contributed by atoms with Gasteiger partial charge in [-0.2, -0.15) is 5.26 Å². The third-order valence-corrected chi connectivity index (χ3v) is 3.68. The van der Waals surface area contributed by atoms with Crippen molar-refractivity contribution in [1.29, 1.82) is 5.26 Å². The van der Waals surface area contributed by atoms with Gasteiger partial charge < -0.3 is 15.8 Å². The second kappa shape index (κ2) is 5.60. The van der Waals surface area contributed by atoms with Crippen molar-refractivity contribution in [2.75, 3.05) is 0 Å². The molecule has 2 atom stereocenters. The number of nitrogens with two attached hydrogens (primary N) is 1. The molecular weight excluding hydrogens is 276 g/mol. The normalized spacial score (nSPS) is 13.7. The standard InChI is InChI=1S/C17H16N4O/c1-10(22)16(19)17-20-14-7-6-13(8-15(14)21-17)12-4-2-11(9-18)3-5-12/h2-8,10,16,22H,19H2,1H3,(H,20,21)/t10-,16-/m0/s1. The molecule has 0 saturated carbocycles. The Hall–Kier alpha value is -2.68. The summed E-state index contributed by atoms with van der Waals surface area (Å²) in [6, 6.07) is 14.9. The number of hydrogen-bond donors (Lipinski definition) is 3. The number of nitrogens with one attached hydrogen (secondary N) is 1. The number of aromatic nitrogens is 2. The van der Waals surface area contributed by atoms with Gasteiger partial charge >= 0.3 is 0 Å². The lowest BCUT2D eigenvalue weighted by atomic mass is 10.0. The Balaban J connectivity index is 2.00. The van der Waals surface area contributed by atoms with Crippen molar-refractivity contribution in [2.45, 2.75) is 19.1 Å². The fourth-order valence-corrected chi connectivity index (χ4v) is 2.33. The second-order valence-electron chi connectivity index (χ2n) is 5.31. The Morgan fingerprint density at radius 3 is 2.50 bits per heavy atom. The summed E-state index contributed by atoms with van der Waals surface area (Å²) in [5.41, 5.74) is 10.3. The summed E-state index contributed by atoms with van der Waals surface area (Å²) >= 11 is 0. The lowest BCUT2D eigenvalue weighted by Gasteiger charge is -2.10. The molecule has 5 nitrogen and oxygen atoms in total. The minimum Gasteiger partial charge on any atom is -0.391 e. The lowest BCUT2D eigenvalue weighted by Crippen LogP contribution is -2.24. The highest BCUT2D eigenvalue weighted by atomic mass is 16.3. The number of aliphatic hydroxyl groups excluding tert-OH is 1. The quantitative estimate of drug-likeness (QED) is 0.690. The van der Waals surface area contributed by atoms with Gasteiger partial charge in [0.15, 0.2) is 0 Å². The first-order chi connectivity index (χ1) is 10.6. The van der Waals surface area contributed by atoms with E-state index in [1.165, 1.54) is 0 Å². The van der Waals surface area contributed by atoms with E-state index in [0.29, 0.717) is 11.4 Å². The zero-order valence-electron chi connectivity index (χ0n) is 12.1. The van der Waals surface area contributed by atoms with Gasteiger partial charge in [0.1, 0.15) is 5.82 Å². The average Bonchev–Trinajstić information content (AvgIpc) is 2.97. The molecule has 0 aliphatic carbocycles. The van der Waals surface area contributed by atoms with Crippen LogP contribution in [0.5, 0.6) is 0 Å². The van der Waals surface area contributed by atoms with Gasteiger partial charge in [0.05, 0.1) is 34.8 Å². The van der Waals surface area contributed by atoms with Gasteiger partial charge in [-0.3, -0.25) is 0 Å². The van der Waals surface area contributed by atoms with Crippen LogP contribution < -0.4 is 5.73 Å². The van der Waals surface area contributed by atoms with Gasteiger partial charge in [0.25, 0.3) is 0 Å². The Morgan fingerprint density at radius 2 is 1.86 bits per heavy atom. The number of imidazole rings is 1. The molecule has 22 heavy (non-hydrogen) atoms. The predicted octanol–water partition coefficient (Wildman–Crippen LogP) is 2.48. The third-order valence-electron chi connectivity index (χ3n) is 3.68. The van der Waals surface area contributed by atoms with Crippen molar-refractivity contribution >= 4 is 11.0 Å². The maximum atomic E-state index is 9.57. The van der Waals surface area contributed by atoms with Crippen LogP contribution in [0.4, 0.5) is 0 Å². The van der Waals surface area contributed by atoms with Crippen LogP contribution in [-0.2, 0) is 0 Å². The zero-order chi connectivity index (χ0) is 15.7. The van der Waals surface area contributed by atoms with Crippen molar-refractivity contribution in [3.63, 3.8) is 0 Å². The number of aliphatic hydroxyl groups is 1. The topological polar surface area (TPSA) is 98.7 Å². The van der Waals surface area contributed by atoms with Gasteiger partial charge in [-0.1, -0.05) is 18.2 Å². The summed E-state index contributed by atoms with van der Waals surface area (Å²) < 4.78 is 0. The smallest absolute Gasteiger partial charge is 0.126 e. The number of rotatable bonds is 3. The number of H-pyrrole nitrogens is 1. The molecule has 3 aromatic rings. The van der Waals surface area contributed by atoms with Crippen molar-refractivity contribution in [3.05, 3.63) is 53.9 Å². The molecule has 0 bridgehead atoms. The number of hydrogen-bond acceptors (Lipinski definition) is 4. The fraction of sp³-hybridized carbons (Fsp3) is 0.176. The van der Waals surface area contributed by atoms with Crippen LogP contribution in [0.2, 0.25) is 0 Å². The van der Waals surface area contributed by atoms with Crippen LogP contribution >= 0.6 is 0 Å². The van der Waals surface area contributed by atoms with E-state index in [-0.39, 0.29) is 0 Å². The number of nitriles is 1. The molecule has 2 aromatic carbocycles. The van der Waals surface area contributed by atoms with E-state index >= 15 is 0 Å². The summed E-state index contributed by atoms with van der Waals surface area (Å²) in [5, 5.41) is 18.4. The molecule has 0 amide bonds. The third kappa shape index (κ3) is 2.58. The fourth-order valence-electron chi connectivity index (χ4n) is 2.33. The summed E-state index contributed by atoms with van der Waals surface area (Å²) in [6.45, 7) is 1.64. The van der Waals surface area contributed by atoms with E-state index in [9.17, 15) is 5.11 Å². The molecule has 0 aliphatic heterocycles. The van der Waals surface area contributed by atoms with Gasteiger partial charge in [-0.05, 0) is 42.3 Å². The van der Waals surface area contributed by atoms with Crippen LogP contribution in [-0.4, -0.2) is 21.2 Å². The molecule has 0 saturated heterocycles. The molecule has 0 fully saturated rings. The molecule has 1 heterocycles. The number of nitrogens with zero attached hydrogens (tertiary/aromatic N) is 2. The van der Waals surface area contributed by atoms with Crippen molar-refractivity contribution in [1.82, 2.24) is 9.97 Å². The molecule has 0 spiro atoms. The van der Waals surface area contributed by atoms with Crippen molar-refractivity contribution in [2.24, 2.45) is 5.73 Å².